The zero-order valence-corrected chi connectivity index (χ0v) is 20.3. The quantitative estimate of drug-likeness (QED) is 0.361. The number of nitrogens with zero attached hydrogens (tertiary/aromatic N) is 6. The molecule has 0 bridgehead atoms. The highest BCUT2D eigenvalue weighted by Crippen LogP contribution is 2.38. The molecule has 5 heterocycles. The van der Waals surface area contributed by atoms with Crippen molar-refractivity contribution in [1.29, 1.82) is 0 Å². The van der Waals surface area contributed by atoms with Crippen molar-refractivity contribution >= 4 is 39.6 Å². The summed E-state index contributed by atoms with van der Waals surface area (Å²) in [5.74, 6) is -0.654. The molecule has 2 N–H and O–H groups in total. The van der Waals surface area contributed by atoms with Gasteiger partial charge < -0.3 is 24.3 Å². The summed E-state index contributed by atoms with van der Waals surface area (Å²) >= 11 is 0. The Morgan fingerprint density at radius 1 is 1.15 bits per heavy atom. The van der Waals surface area contributed by atoms with Gasteiger partial charge in [0.2, 0.25) is 0 Å². The van der Waals surface area contributed by atoms with Gasteiger partial charge in [-0.3, -0.25) is 9.89 Å². The summed E-state index contributed by atoms with van der Waals surface area (Å²) in [6, 6.07) is 11.2. The molecule has 2 aliphatic rings. The van der Waals surface area contributed by atoms with Gasteiger partial charge in [-0.15, -0.1) is 0 Å². The number of benzene rings is 2. The number of imidazole rings is 1. The van der Waals surface area contributed by atoms with Crippen molar-refractivity contribution in [2.24, 2.45) is 0 Å². The highest BCUT2D eigenvalue weighted by Gasteiger charge is 2.45. The second-order valence-corrected chi connectivity index (χ2v) is 9.52. The van der Waals surface area contributed by atoms with Crippen molar-refractivity contribution < 1.29 is 22.7 Å². The Hall–Kier alpha value is -4.81. The van der Waals surface area contributed by atoms with Gasteiger partial charge in [0.1, 0.15) is 12.4 Å². The number of nitrogens with one attached hydrogen (secondary N) is 2. The van der Waals surface area contributed by atoms with Crippen molar-refractivity contribution in [1.82, 2.24) is 29.5 Å². The molecule has 1 amide bonds. The Bertz CT molecular complexity index is 1730. The first-order valence-corrected chi connectivity index (χ1v) is 12.3. The standard InChI is InChI=1S/C26H21F3N8O2/c27-26(28,29)25(38)36-7-8-37-18(12-36)14-39-22-10-17(3-4-21(22)37)32-23-24-30-5-6-35(24)13-20(33-23)15-1-2-16-11-31-34-19(16)9-15/h1-6,9-11,13,18H,7-8,12,14H2,(H,31,34)(H,32,33)/t18-/m1/s1. The number of halogens is 3. The largest absolute Gasteiger partial charge is 0.489 e. The van der Waals surface area contributed by atoms with Crippen molar-refractivity contribution in [2.75, 3.05) is 36.5 Å². The molecule has 198 valence electrons. The lowest BCUT2D eigenvalue weighted by Crippen LogP contribution is -2.60. The van der Waals surface area contributed by atoms with E-state index >= 15 is 0 Å². The molecule has 39 heavy (non-hydrogen) atoms. The summed E-state index contributed by atoms with van der Waals surface area (Å²) in [6.45, 7) is 0.408. The molecule has 2 aromatic carbocycles. The monoisotopic (exact) mass is 534 g/mol. The van der Waals surface area contributed by atoms with Crippen LogP contribution in [0.4, 0.5) is 30.4 Å². The predicted molar refractivity (Wildman–Crippen MR) is 137 cm³/mol. The van der Waals surface area contributed by atoms with Crippen molar-refractivity contribution in [2.45, 2.75) is 12.2 Å². The Kier molecular flexibility index (Phi) is 5.15. The van der Waals surface area contributed by atoms with Gasteiger partial charge in [0.15, 0.2) is 11.5 Å². The number of ether oxygens (including phenoxy) is 1. The van der Waals surface area contributed by atoms with Crippen LogP contribution in [-0.2, 0) is 4.79 Å². The Labute approximate surface area is 219 Å². The molecule has 1 atom stereocenters. The molecule has 10 nitrogen and oxygen atoms in total. The number of fused-ring (bicyclic) bond motifs is 5. The number of alkyl halides is 3. The van der Waals surface area contributed by atoms with Crippen molar-refractivity contribution in [3.05, 3.63) is 61.2 Å². The van der Waals surface area contributed by atoms with Gasteiger partial charge >= 0.3 is 12.1 Å². The number of amides is 1. The number of hydrogen-bond acceptors (Lipinski definition) is 7. The number of aromatic amines is 1. The third-order valence-electron chi connectivity index (χ3n) is 7.09. The van der Waals surface area contributed by atoms with Crippen LogP contribution >= 0.6 is 0 Å². The molecule has 5 aromatic rings. The summed E-state index contributed by atoms with van der Waals surface area (Å²) in [6.07, 6.45) is 2.34. The predicted octanol–water partition coefficient (Wildman–Crippen LogP) is 3.99. The Balaban J connectivity index is 1.16. The number of aromatic nitrogens is 5. The van der Waals surface area contributed by atoms with Crippen LogP contribution in [0.3, 0.4) is 0 Å². The van der Waals surface area contributed by atoms with Crippen LogP contribution in [0, 0.1) is 0 Å². The van der Waals surface area contributed by atoms with E-state index in [1.54, 1.807) is 12.4 Å². The van der Waals surface area contributed by atoms with Crippen LogP contribution in [-0.4, -0.2) is 73.8 Å². The summed E-state index contributed by atoms with van der Waals surface area (Å²) in [5, 5.41) is 11.4. The molecule has 0 saturated carbocycles. The number of carbonyl (C=O) groups excluding carboxylic acids is 1. The van der Waals surface area contributed by atoms with E-state index in [1.165, 1.54) is 0 Å². The van der Waals surface area contributed by atoms with Crippen molar-refractivity contribution in [3.63, 3.8) is 0 Å². The SMILES string of the molecule is O=C(N1CCN2c3ccc(Nc4nc(-c5ccc6cn[nH]c6c5)cn5ccnc45)cc3OC[C@H]2C1)C(F)(F)F. The van der Waals surface area contributed by atoms with Crippen LogP contribution < -0.4 is 15.0 Å². The van der Waals surface area contributed by atoms with E-state index in [0.29, 0.717) is 17.2 Å². The fourth-order valence-electron chi connectivity index (χ4n) is 5.20. The fraction of sp³-hybridized carbons (Fsp3) is 0.231. The van der Waals surface area contributed by atoms with Crippen molar-refractivity contribution in [3.8, 4) is 17.0 Å². The molecule has 13 heteroatoms. The van der Waals surface area contributed by atoms with E-state index in [0.717, 1.165) is 38.4 Å². The molecule has 1 saturated heterocycles. The van der Waals surface area contributed by atoms with Crippen LogP contribution in [0.1, 0.15) is 0 Å². The number of piperazine rings is 1. The van der Waals surface area contributed by atoms with E-state index in [1.807, 2.05) is 58.1 Å². The average Bonchev–Trinajstić information content (AvgIpc) is 3.61. The third-order valence-corrected chi connectivity index (χ3v) is 7.09. The molecule has 0 aliphatic carbocycles. The summed E-state index contributed by atoms with van der Waals surface area (Å²) in [4.78, 5) is 23.8. The molecule has 1 fully saturated rings. The highest BCUT2D eigenvalue weighted by atomic mass is 19.4. The number of H-pyrrole nitrogens is 1. The molecule has 2 aliphatic heterocycles. The molecule has 3 aromatic heterocycles. The molecular weight excluding hydrogens is 513 g/mol. The minimum Gasteiger partial charge on any atom is -0.489 e. The zero-order chi connectivity index (χ0) is 26.7. The van der Waals surface area contributed by atoms with Gasteiger partial charge in [-0.25, -0.2) is 9.97 Å². The van der Waals surface area contributed by atoms with Gasteiger partial charge in [0.25, 0.3) is 0 Å². The number of carbonyl (C=O) groups is 1. The average molecular weight is 535 g/mol. The maximum atomic E-state index is 12.9. The fourth-order valence-corrected chi connectivity index (χ4v) is 5.20. The van der Waals surface area contributed by atoms with Gasteiger partial charge in [-0.05, 0) is 18.2 Å². The van der Waals surface area contributed by atoms with E-state index in [4.69, 9.17) is 9.72 Å². The maximum Gasteiger partial charge on any atom is 0.471 e. The lowest BCUT2D eigenvalue weighted by Gasteiger charge is -2.45. The number of hydrogen-bond donors (Lipinski definition) is 2. The second-order valence-electron chi connectivity index (χ2n) is 9.52. The molecule has 0 spiro atoms. The van der Waals surface area contributed by atoms with E-state index in [-0.39, 0.29) is 32.3 Å². The van der Waals surface area contributed by atoms with Gasteiger partial charge in [0, 0.05) is 60.9 Å². The summed E-state index contributed by atoms with van der Waals surface area (Å²) in [5.41, 5.74) is 4.69. The lowest BCUT2D eigenvalue weighted by molar-refractivity contribution is -0.186. The lowest BCUT2D eigenvalue weighted by atomic mass is 10.1. The Morgan fingerprint density at radius 3 is 2.92 bits per heavy atom. The molecule has 7 rings (SSSR count). The first kappa shape index (κ1) is 23.3. The highest BCUT2D eigenvalue weighted by molar-refractivity contribution is 5.84. The van der Waals surface area contributed by atoms with Gasteiger partial charge in [-0.1, -0.05) is 12.1 Å². The molecule has 0 radical (unpaired) electrons. The number of rotatable bonds is 3. The van der Waals surface area contributed by atoms with Crippen LogP contribution in [0.15, 0.2) is 61.2 Å². The van der Waals surface area contributed by atoms with Gasteiger partial charge in [-0.2, -0.15) is 18.3 Å². The minimum atomic E-state index is -4.88. The van der Waals surface area contributed by atoms with Crippen LogP contribution in [0.25, 0.3) is 27.8 Å². The normalized spacial score (nSPS) is 17.2. The van der Waals surface area contributed by atoms with Crippen LogP contribution in [0.2, 0.25) is 0 Å². The van der Waals surface area contributed by atoms with E-state index in [9.17, 15) is 18.0 Å². The smallest absolute Gasteiger partial charge is 0.471 e. The topological polar surface area (TPSA) is 104 Å². The second kappa shape index (κ2) is 8.61. The van der Waals surface area contributed by atoms with Crippen LogP contribution in [0.5, 0.6) is 5.75 Å². The first-order chi connectivity index (χ1) is 18.8. The molecular formula is C26H21F3N8O2. The summed E-state index contributed by atoms with van der Waals surface area (Å²) in [7, 11) is 0. The zero-order valence-electron chi connectivity index (χ0n) is 20.3. The van der Waals surface area contributed by atoms with E-state index < -0.39 is 12.1 Å². The Morgan fingerprint density at radius 2 is 2.05 bits per heavy atom. The van der Waals surface area contributed by atoms with E-state index in [2.05, 4.69) is 20.5 Å². The summed E-state index contributed by atoms with van der Waals surface area (Å²) < 4.78 is 46.6. The van der Waals surface area contributed by atoms with Gasteiger partial charge in [0.05, 0.1) is 29.1 Å². The minimum absolute atomic E-state index is 0.00675. The maximum absolute atomic E-state index is 12.9. The molecule has 0 unspecified atom stereocenters. The first-order valence-electron chi connectivity index (χ1n) is 12.3. The third kappa shape index (κ3) is 4.06. The number of anilines is 3.